The number of para-hydroxylation sites is 1. The Labute approximate surface area is 158 Å². The molecule has 1 aliphatic rings. The van der Waals surface area contributed by atoms with Gasteiger partial charge in [0.1, 0.15) is 6.04 Å². The summed E-state index contributed by atoms with van der Waals surface area (Å²) in [7, 11) is 0. The molecular weight excluding hydrogens is 350 g/mol. The molecule has 26 heavy (non-hydrogen) atoms. The van der Waals surface area contributed by atoms with Crippen LogP contribution in [0.5, 0.6) is 0 Å². The summed E-state index contributed by atoms with van der Waals surface area (Å²) in [5, 5.41) is 6.07. The Morgan fingerprint density at radius 3 is 2.62 bits per heavy atom. The second-order valence-corrected chi connectivity index (χ2v) is 7.14. The van der Waals surface area contributed by atoms with Crippen LogP contribution in [0.2, 0.25) is 5.02 Å². The van der Waals surface area contributed by atoms with Crippen molar-refractivity contribution in [1.29, 1.82) is 0 Å². The van der Waals surface area contributed by atoms with Crippen molar-refractivity contribution >= 4 is 34.9 Å². The number of nitrogens with one attached hydrogen (secondary N) is 2. The second kappa shape index (κ2) is 7.79. The van der Waals surface area contributed by atoms with Crippen LogP contribution in [0.1, 0.15) is 19.4 Å². The molecule has 1 aliphatic heterocycles. The van der Waals surface area contributed by atoms with E-state index in [1.54, 1.807) is 29.2 Å². The zero-order valence-corrected chi connectivity index (χ0v) is 15.6. The minimum absolute atomic E-state index is 0.0413. The van der Waals surface area contributed by atoms with Crippen LogP contribution >= 0.6 is 11.6 Å². The third-order valence-corrected chi connectivity index (χ3v) is 4.69. The Hall–Kier alpha value is -2.53. The lowest BCUT2D eigenvalue weighted by Gasteiger charge is -2.27. The maximum Gasteiger partial charge on any atom is 0.319 e. The van der Waals surface area contributed by atoms with Crippen molar-refractivity contribution in [2.45, 2.75) is 26.3 Å². The summed E-state index contributed by atoms with van der Waals surface area (Å²) in [5.41, 5.74) is 2.67. The van der Waals surface area contributed by atoms with E-state index in [1.165, 1.54) is 0 Å². The normalized spacial score (nSPS) is 14.1. The van der Waals surface area contributed by atoms with Crippen LogP contribution in [-0.4, -0.2) is 24.5 Å². The Kier molecular flexibility index (Phi) is 5.47. The van der Waals surface area contributed by atoms with Crippen LogP contribution in [0, 0.1) is 5.92 Å². The largest absolute Gasteiger partial charge is 0.326 e. The van der Waals surface area contributed by atoms with Crippen LogP contribution in [0.3, 0.4) is 0 Å². The van der Waals surface area contributed by atoms with E-state index in [4.69, 9.17) is 11.6 Å². The van der Waals surface area contributed by atoms with Gasteiger partial charge >= 0.3 is 6.03 Å². The maximum absolute atomic E-state index is 13.1. The predicted octanol–water partition coefficient (Wildman–Crippen LogP) is 4.08. The fourth-order valence-corrected chi connectivity index (χ4v) is 3.31. The monoisotopic (exact) mass is 371 g/mol. The number of urea groups is 1. The molecule has 0 unspecified atom stereocenters. The van der Waals surface area contributed by atoms with Crippen molar-refractivity contribution in [3.8, 4) is 0 Å². The van der Waals surface area contributed by atoms with Gasteiger partial charge in [0.25, 0.3) is 0 Å². The van der Waals surface area contributed by atoms with Gasteiger partial charge < -0.3 is 15.5 Å². The summed E-state index contributed by atoms with van der Waals surface area (Å²) in [6, 6.07) is 13.7. The van der Waals surface area contributed by atoms with E-state index >= 15 is 0 Å². The molecule has 136 valence electrons. The third-order valence-electron chi connectivity index (χ3n) is 4.45. The van der Waals surface area contributed by atoms with Gasteiger partial charge in [0, 0.05) is 22.9 Å². The quantitative estimate of drug-likeness (QED) is 0.850. The number of carbonyl (C=O) groups is 2. The van der Waals surface area contributed by atoms with Crippen LogP contribution in [0.15, 0.2) is 48.5 Å². The van der Waals surface area contributed by atoms with Crippen molar-refractivity contribution in [2.75, 3.05) is 16.8 Å². The maximum atomic E-state index is 13.1. The van der Waals surface area contributed by atoms with Gasteiger partial charge in [-0.3, -0.25) is 4.79 Å². The van der Waals surface area contributed by atoms with Gasteiger partial charge in [0.05, 0.1) is 0 Å². The minimum atomic E-state index is -0.611. The van der Waals surface area contributed by atoms with E-state index in [2.05, 4.69) is 10.6 Å². The molecule has 0 spiro atoms. The molecule has 0 aromatic heterocycles. The predicted molar refractivity (Wildman–Crippen MR) is 105 cm³/mol. The molecule has 3 rings (SSSR count). The Bertz CT molecular complexity index is 822. The van der Waals surface area contributed by atoms with Crippen LogP contribution in [0.25, 0.3) is 0 Å². The highest BCUT2D eigenvalue weighted by molar-refractivity contribution is 6.30. The fraction of sp³-hybridized carbons (Fsp3) is 0.300. The molecule has 1 atom stereocenters. The molecule has 2 aromatic carbocycles. The van der Waals surface area contributed by atoms with E-state index in [0.717, 1.165) is 17.7 Å². The summed E-state index contributed by atoms with van der Waals surface area (Å²) >= 11 is 5.94. The lowest BCUT2D eigenvalue weighted by Crippen LogP contribution is -2.52. The van der Waals surface area contributed by atoms with Gasteiger partial charge in [-0.25, -0.2) is 4.79 Å². The summed E-state index contributed by atoms with van der Waals surface area (Å²) in [6.07, 6.45) is 0.835. The smallest absolute Gasteiger partial charge is 0.319 e. The fourth-order valence-electron chi connectivity index (χ4n) is 3.12. The van der Waals surface area contributed by atoms with E-state index in [1.807, 2.05) is 38.1 Å². The van der Waals surface area contributed by atoms with Gasteiger partial charge in [-0.15, -0.1) is 0 Å². The van der Waals surface area contributed by atoms with E-state index < -0.39 is 12.1 Å². The molecule has 0 saturated carbocycles. The Morgan fingerprint density at radius 2 is 1.88 bits per heavy atom. The first kappa shape index (κ1) is 18.3. The van der Waals surface area contributed by atoms with Crippen molar-refractivity contribution < 1.29 is 9.59 Å². The number of amides is 3. The summed E-state index contributed by atoms with van der Waals surface area (Å²) < 4.78 is 0. The summed E-state index contributed by atoms with van der Waals surface area (Å²) in [5.74, 6) is -0.133. The Morgan fingerprint density at radius 1 is 1.12 bits per heavy atom. The molecule has 0 radical (unpaired) electrons. The van der Waals surface area contributed by atoms with Crippen molar-refractivity contribution in [2.24, 2.45) is 5.92 Å². The number of anilines is 2. The molecule has 0 fully saturated rings. The zero-order valence-electron chi connectivity index (χ0n) is 14.8. The van der Waals surface area contributed by atoms with Crippen molar-refractivity contribution in [1.82, 2.24) is 5.32 Å². The highest BCUT2D eigenvalue weighted by Crippen LogP contribution is 2.28. The number of hydrogen-bond donors (Lipinski definition) is 2. The van der Waals surface area contributed by atoms with Crippen molar-refractivity contribution in [3.05, 3.63) is 59.1 Å². The number of carbonyl (C=O) groups excluding carboxylic acids is 2. The minimum Gasteiger partial charge on any atom is -0.326 e. The van der Waals surface area contributed by atoms with Gasteiger partial charge in [-0.1, -0.05) is 49.7 Å². The second-order valence-electron chi connectivity index (χ2n) is 6.70. The van der Waals surface area contributed by atoms with E-state index in [0.29, 0.717) is 17.3 Å². The highest BCUT2D eigenvalue weighted by Gasteiger charge is 2.32. The number of benzene rings is 2. The lowest BCUT2D eigenvalue weighted by molar-refractivity contribution is -0.121. The standard InChI is InChI=1S/C20H22ClN3O2/c1-13(2)18(23-20(26)22-16-8-5-7-15(21)12-16)19(25)24-11-10-14-6-3-4-9-17(14)24/h3-9,12-13,18H,10-11H2,1-2H3,(H2,22,23,26)/t18-/m1/s1. The van der Waals surface area contributed by atoms with Gasteiger partial charge in [0.15, 0.2) is 0 Å². The van der Waals surface area contributed by atoms with E-state index in [-0.39, 0.29) is 11.8 Å². The SMILES string of the molecule is CC(C)[C@@H](NC(=O)Nc1cccc(Cl)c1)C(=O)N1CCc2ccccc21. The molecule has 0 aliphatic carbocycles. The molecule has 6 heteroatoms. The molecular formula is C20H22ClN3O2. The first-order chi connectivity index (χ1) is 12.5. The number of halogens is 1. The Balaban J connectivity index is 1.71. The van der Waals surface area contributed by atoms with Crippen LogP contribution in [-0.2, 0) is 11.2 Å². The average Bonchev–Trinajstić information content (AvgIpc) is 3.03. The van der Waals surface area contributed by atoms with Crippen LogP contribution in [0.4, 0.5) is 16.2 Å². The zero-order chi connectivity index (χ0) is 18.7. The van der Waals surface area contributed by atoms with Gasteiger partial charge in [-0.05, 0) is 42.2 Å². The lowest BCUT2D eigenvalue weighted by atomic mass is 10.0. The molecule has 0 bridgehead atoms. The topological polar surface area (TPSA) is 61.4 Å². The number of hydrogen-bond acceptors (Lipinski definition) is 2. The first-order valence-electron chi connectivity index (χ1n) is 8.68. The molecule has 1 heterocycles. The molecule has 3 amide bonds. The molecule has 5 nitrogen and oxygen atoms in total. The number of rotatable bonds is 4. The highest BCUT2D eigenvalue weighted by atomic mass is 35.5. The van der Waals surface area contributed by atoms with Gasteiger partial charge in [-0.2, -0.15) is 0 Å². The molecule has 0 saturated heterocycles. The van der Waals surface area contributed by atoms with Gasteiger partial charge in [0.2, 0.25) is 5.91 Å². The summed E-state index contributed by atoms with van der Waals surface area (Å²) in [4.78, 5) is 27.2. The number of fused-ring (bicyclic) bond motifs is 1. The van der Waals surface area contributed by atoms with Crippen molar-refractivity contribution in [3.63, 3.8) is 0 Å². The molecule has 2 aromatic rings. The summed E-state index contributed by atoms with van der Waals surface area (Å²) in [6.45, 7) is 4.48. The molecule has 2 N–H and O–H groups in total. The first-order valence-corrected chi connectivity index (χ1v) is 9.06. The van der Waals surface area contributed by atoms with E-state index in [9.17, 15) is 9.59 Å². The van der Waals surface area contributed by atoms with Crippen LogP contribution < -0.4 is 15.5 Å². The third kappa shape index (κ3) is 3.99. The number of nitrogens with zero attached hydrogens (tertiary/aromatic N) is 1. The average molecular weight is 372 g/mol.